The highest BCUT2D eigenvalue weighted by Crippen LogP contribution is 2.22. The van der Waals surface area contributed by atoms with Gasteiger partial charge in [-0.15, -0.1) is 0 Å². The average molecular weight is 331 g/mol. The fourth-order valence-electron chi connectivity index (χ4n) is 2.01. The van der Waals surface area contributed by atoms with E-state index in [2.05, 4.69) is 33.4 Å². The van der Waals surface area contributed by atoms with Gasteiger partial charge in [0.25, 0.3) is 0 Å². The molecule has 0 radical (unpaired) electrons. The lowest BCUT2D eigenvalue weighted by molar-refractivity contribution is 0.411. The number of benzene rings is 2. The van der Waals surface area contributed by atoms with Crippen molar-refractivity contribution in [1.82, 2.24) is 0 Å². The fourth-order valence-corrected chi connectivity index (χ4v) is 2.37. The zero-order valence-electron chi connectivity index (χ0n) is 11.4. The van der Waals surface area contributed by atoms with Gasteiger partial charge < -0.3 is 10.1 Å². The van der Waals surface area contributed by atoms with E-state index in [-0.39, 0.29) is 0 Å². The monoisotopic (exact) mass is 330 g/mol. The summed E-state index contributed by atoms with van der Waals surface area (Å²) in [4.78, 5) is 0. The van der Waals surface area contributed by atoms with E-state index in [4.69, 9.17) is 10.00 Å². The molecule has 0 saturated heterocycles. The van der Waals surface area contributed by atoms with Gasteiger partial charge in [-0.3, -0.25) is 0 Å². The second-order valence-electron chi connectivity index (χ2n) is 4.46. The first-order valence-corrected chi connectivity index (χ1v) is 7.00. The number of anilines is 1. The van der Waals surface area contributed by atoms with E-state index in [0.717, 1.165) is 27.0 Å². The maximum atomic E-state index is 9.13. The van der Waals surface area contributed by atoms with Crippen molar-refractivity contribution in [2.45, 2.75) is 13.5 Å². The van der Waals surface area contributed by atoms with Crippen LogP contribution in [-0.2, 0) is 6.54 Å². The summed E-state index contributed by atoms with van der Waals surface area (Å²) in [5.74, 6) is 0.884. The van der Waals surface area contributed by atoms with Gasteiger partial charge in [-0.05, 0) is 42.3 Å². The number of nitrogens with zero attached hydrogens (tertiary/aromatic N) is 1. The third kappa shape index (κ3) is 3.31. The average Bonchev–Trinajstić information content (AvgIpc) is 2.46. The standard InChI is InChI=1S/C16H15BrN2O/c1-11-7-12(3-6-16(11)20-2)10-19-15-5-4-14(17)8-13(15)9-18/h3-8,19H,10H2,1-2H3. The van der Waals surface area contributed by atoms with Crippen LogP contribution in [0.2, 0.25) is 0 Å². The lowest BCUT2D eigenvalue weighted by Crippen LogP contribution is -2.02. The van der Waals surface area contributed by atoms with Crippen LogP contribution in [0.3, 0.4) is 0 Å². The highest BCUT2D eigenvalue weighted by molar-refractivity contribution is 9.10. The second kappa shape index (κ2) is 6.44. The summed E-state index contributed by atoms with van der Waals surface area (Å²) >= 11 is 3.37. The summed E-state index contributed by atoms with van der Waals surface area (Å²) in [7, 11) is 1.67. The molecule has 0 bridgehead atoms. The van der Waals surface area contributed by atoms with Crippen molar-refractivity contribution >= 4 is 21.6 Å². The Morgan fingerprint density at radius 1 is 1.25 bits per heavy atom. The number of hydrogen-bond acceptors (Lipinski definition) is 3. The normalized spacial score (nSPS) is 9.90. The maximum Gasteiger partial charge on any atom is 0.121 e. The first-order chi connectivity index (χ1) is 9.63. The lowest BCUT2D eigenvalue weighted by Gasteiger charge is -2.11. The quantitative estimate of drug-likeness (QED) is 0.911. The summed E-state index contributed by atoms with van der Waals surface area (Å²) < 4.78 is 6.15. The number of ether oxygens (including phenoxy) is 1. The first-order valence-electron chi connectivity index (χ1n) is 6.21. The predicted octanol–water partition coefficient (Wildman–Crippen LogP) is 4.25. The van der Waals surface area contributed by atoms with Crippen molar-refractivity contribution in [3.8, 4) is 11.8 Å². The molecule has 0 aliphatic carbocycles. The van der Waals surface area contributed by atoms with Crippen LogP contribution >= 0.6 is 15.9 Å². The van der Waals surface area contributed by atoms with Crippen molar-refractivity contribution in [3.05, 3.63) is 57.6 Å². The van der Waals surface area contributed by atoms with E-state index in [1.165, 1.54) is 0 Å². The molecule has 0 aromatic heterocycles. The van der Waals surface area contributed by atoms with Crippen LogP contribution < -0.4 is 10.1 Å². The molecule has 2 aromatic rings. The van der Waals surface area contributed by atoms with Gasteiger partial charge in [0.05, 0.1) is 18.4 Å². The Morgan fingerprint density at radius 3 is 2.70 bits per heavy atom. The van der Waals surface area contributed by atoms with Crippen molar-refractivity contribution in [2.24, 2.45) is 0 Å². The van der Waals surface area contributed by atoms with Crippen LogP contribution in [0, 0.1) is 18.3 Å². The van der Waals surface area contributed by atoms with Gasteiger partial charge >= 0.3 is 0 Å². The van der Waals surface area contributed by atoms with Gasteiger partial charge in [-0.25, -0.2) is 0 Å². The van der Waals surface area contributed by atoms with E-state index in [1.54, 1.807) is 7.11 Å². The van der Waals surface area contributed by atoms with E-state index >= 15 is 0 Å². The second-order valence-corrected chi connectivity index (χ2v) is 5.37. The Hall–Kier alpha value is -1.99. The molecule has 0 amide bonds. The summed E-state index contributed by atoms with van der Waals surface area (Å²) in [5, 5.41) is 12.4. The minimum absolute atomic E-state index is 0.629. The highest BCUT2D eigenvalue weighted by Gasteiger charge is 2.04. The highest BCUT2D eigenvalue weighted by atomic mass is 79.9. The predicted molar refractivity (Wildman–Crippen MR) is 83.9 cm³/mol. The van der Waals surface area contributed by atoms with E-state index < -0.39 is 0 Å². The van der Waals surface area contributed by atoms with Crippen LogP contribution in [0.25, 0.3) is 0 Å². The largest absolute Gasteiger partial charge is 0.496 e. The van der Waals surface area contributed by atoms with E-state index in [0.29, 0.717) is 12.1 Å². The van der Waals surface area contributed by atoms with E-state index in [1.807, 2.05) is 37.3 Å². The number of aryl methyl sites for hydroxylation is 1. The molecule has 2 aromatic carbocycles. The Kier molecular flexibility index (Phi) is 4.65. The third-order valence-corrected chi connectivity index (χ3v) is 3.54. The summed E-state index contributed by atoms with van der Waals surface area (Å²) in [6.07, 6.45) is 0. The molecule has 0 heterocycles. The van der Waals surface area contributed by atoms with Crippen molar-refractivity contribution in [3.63, 3.8) is 0 Å². The molecule has 0 atom stereocenters. The van der Waals surface area contributed by atoms with Crippen LogP contribution in [0.5, 0.6) is 5.75 Å². The Morgan fingerprint density at radius 2 is 2.05 bits per heavy atom. The van der Waals surface area contributed by atoms with Gasteiger partial charge in [0.15, 0.2) is 0 Å². The Labute approximate surface area is 127 Å². The van der Waals surface area contributed by atoms with Crippen molar-refractivity contribution < 1.29 is 4.74 Å². The zero-order chi connectivity index (χ0) is 14.5. The molecule has 0 saturated carbocycles. The number of methoxy groups -OCH3 is 1. The van der Waals surface area contributed by atoms with Gasteiger partial charge in [-0.2, -0.15) is 5.26 Å². The number of nitriles is 1. The van der Waals surface area contributed by atoms with Crippen LogP contribution in [0.4, 0.5) is 5.69 Å². The molecule has 102 valence electrons. The maximum absolute atomic E-state index is 9.13. The summed E-state index contributed by atoms with van der Waals surface area (Å²) in [5.41, 5.74) is 3.71. The number of hydrogen-bond donors (Lipinski definition) is 1. The molecular formula is C16H15BrN2O. The van der Waals surface area contributed by atoms with Crippen molar-refractivity contribution in [1.29, 1.82) is 5.26 Å². The molecular weight excluding hydrogens is 316 g/mol. The molecule has 20 heavy (non-hydrogen) atoms. The van der Waals surface area contributed by atoms with E-state index in [9.17, 15) is 0 Å². The zero-order valence-corrected chi connectivity index (χ0v) is 13.0. The smallest absolute Gasteiger partial charge is 0.121 e. The minimum Gasteiger partial charge on any atom is -0.496 e. The topological polar surface area (TPSA) is 45.0 Å². The Bertz CT molecular complexity index is 662. The van der Waals surface area contributed by atoms with Crippen molar-refractivity contribution in [2.75, 3.05) is 12.4 Å². The lowest BCUT2D eigenvalue weighted by atomic mass is 10.1. The molecule has 0 spiro atoms. The molecule has 0 unspecified atom stereocenters. The number of rotatable bonds is 4. The molecule has 0 fully saturated rings. The first kappa shape index (κ1) is 14.4. The summed E-state index contributed by atoms with van der Waals surface area (Å²) in [6.45, 7) is 2.68. The number of nitrogens with one attached hydrogen (secondary N) is 1. The van der Waals surface area contributed by atoms with Gasteiger partial charge in [-0.1, -0.05) is 28.1 Å². The molecule has 2 rings (SSSR count). The third-order valence-electron chi connectivity index (χ3n) is 3.04. The van der Waals surface area contributed by atoms with Crippen LogP contribution in [0.15, 0.2) is 40.9 Å². The molecule has 0 aliphatic rings. The number of halogens is 1. The van der Waals surface area contributed by atoms with Gasteiger partial charge in [0.2, 0.25) is 0 Å². The molecule has 1 N–H and O–H groups in total. The van der Waals surface area contributed by atoms with Crippen LogP contribution in [-0.4, -0.2) is 7.11 Å². The fraction of sp³-hybridized carbons (Fsp3) is 0.188. The van der Waals surface area contributed by atoms with Gasteiger partial charge in [0.1, 0.15) is 11.8 Å². The minimum atomic E-state index is 0.629. The summed E-state index contributed by atoms with van der Waals surface area (Å²) in [6, 6.07) is 13.9. The van der Waals surface area contributed by atoms with Crippen LogP contribution in [0.1, 0.15) is 16.7 Å². The SMILES string of the molecule is COc1ccc(CNc2ccc(Br)cc2C#N)cc1C. The molecule has 0 aliphatic heterocycles. The molecule has 3 nitrogen and oxygen atoms in total. The molecule has 4 heteroatoms. The van der Waals surface area contributed by atoms with Gasteiger partial charge in [0, 0.05) is 11.0 Å². The Balaban J connectivity index is 2.13.